The Balaban J connectivity index is 2.97. The lowest BCUT2D eigenvalue weighted by Gasteiger charge is -2.00. The summed E-state index contributed by atoms with van der Waals surface area (Å²) in [6.07, 6.45) is 3.36. The Labute approximate surface area is 71.3 Å². The van der Waals surface area contributed by atoms with Gasteiger partial charge in [0.05, 0.1) is 6.61 Å². The Kier molecular flexibility index (Phi) is 2.71. The number of aliphatic hydroxyl groups is 1. The summed E-state index contributed by atoms with van der Waals surface area (Å²) < 4.78 is 0. The molecular formula is C9H12N2O. The van der Waals surface area contributed by atoms with Crippen molar-refractivity contribution < 1.29 is 5.11 Å². The van der Waals surface area contributed by atoms with Gasteiger partial charge in [0.25, 0.3) is 0 Å². The van der Waals surface area contributed by atoms with E-state index in [1.54, 1.807) is 30.4 Å². The van der Waals surface area contributed by atoms with E-state index in [4.69, 9.17) is 16.6 Å². The molecule has 0 heterocycles. The van der Waals surface area contributed by atoms with Gasteiger partial charge in [0, 0.05) is 11.4 Å². The van der Waals surface area contributed by atoms with E-state index in [0.717, 1.165) is 5.56 Å². The van der Waals surface area contributed by atoms with E-state index in [1.165, 1.54) is 0 Å². The SMILES string of the molecule is Nc1ccc(N)c(C=CCO)c1. The molecule has 0 aliphatic heterocycles. The molecule has 0 spiro atoms. The number of hydrogen-bond acceptors (Lipinski definition) is 3. The monoisotopic (exact) mass is 164 g/mol. The molecule has 0 unspecified atom stereocenters. The van der Waals surface area contributed by atoms with Crippen LogP contribution in [0.3, 0.4) is 0 Å². The lowest BCUT2D eigenvalue weighted by molar-refractivity contribution is 0.343. The van der Waals surface area contributed by atoms with Crippen molar-refractivity contribution in [1.82, 2.24) is 0 Å². The van der Waals surface area contributed by atoms with Crippen LogP contribution < -0.4 is 11.5 Å². The highest BCUT2D eigenvalue weighted by atomic mass is 16.2. The second-order valence-electron chi connectivity index (χ2n) is 2.47. The fraction of sp³-hybridized carbons (Fsp3) is 0.111. The zero-order valence-corrected chi connectivity index (χ0v) is 6.70. The molecule has 0 fully saturated rings. The van der Waals surface area contributed by atoms with Gasteiger partial charge in [0.2, 0.25) is 0 Å². The zero-order valence-electron chi connectivity index (χ0n) is 6.70. The predicted octanol–water partition coefficient (Wildman–Crippen LogP) is 0.857. The standard InChI is InChI=1S/C9H12N2O/c10-8-3-4-9(11)7(6-8)2-1-5-12/h1-4,6,12H,5,10-11H2. The average molecular weight is 164 g/mol. The van der Waals surface area contributed by atoms with Gasteiger partial charge >= 0.3 is 0 Å². The molecule has 0 radical (unpaired) electrons. The van der Waals surface area contributed by atoms with Crippen LogP contribution in [0.25, 0.3) is 6.08 Å². The van der Waals surface area contributed by atoms with Crippen molar-refractivity contribution in [3.63, 3.8) is 0 Å². The minimum atomic E-state index is 0.00817. The average Bonchev–Trinajstić information content (AvgIpc) is 2.07. The molecule has 3 heteroatoms. The Morgan fingerprint density at radius 3 is 2.75 bits per heavy atom. The summed E-state index contributed by atoms with van der Waals surface area (Å²) in [5.41, 5.74) is 13.4. The van der Waals surface area contributed by atoms with Gasteiger partial charge in [0.1, 0.15) is 0 Å². The van der Waals surface area contributed by atoms with Gasteiger partial charge in [-0.25, -0.2) is 0 Å². The first-order valence-corrected chi connectivity index (χ1v) is 3.66. The van der Waals surface area contributed by atoms with E-state index in [1.807, 2.05) is 0 Å². The van der Waals surface area contributed by atoms with E-state index in [2.05, 4.69) is 0 Å². The Bertz CT molecular complexity index is 295. The van der Waals surface area contributed by atoms with Gasteiger partial charge in [-0.1, -0.05) is 12.2 Å². The minimum absolute atomic E-state index is 0.00817. The van der Waals surface area contributed by atoms with Crippen molar-refractivity contribution in [2.75, 3.05) is 18.1 Å². The van der Waals surface area contributed by atoms with Crippen LogP contribution in [0, 0.1) is 0 Å². The fourth-order valence-electron chi connectivity index (χ4n) is 0.917. The largest absolute Gasteiger partial charge is 0.399 e. The van der Waals surface area contributed by atoms with E-state index in [9.17, 15) is 0 Å². The number of benzene rings is 1. The van der Waals surface area contributed by atoms with Crippen molar-refractivity contribution in [2.45, 2.75) is 0 Å². The third kappa shape index (κ3) is 2.00. The van der Waals surface area contributed by atoms with Crippen molar-refractivity contribution in [3.05, 3.63) is 29.8 Å². The fourth-order valence-corrected chi connectivity index (χ4v) is 0.917. The van der Waals surface area contributed by atoms with Crippen LogP contribution in [-0.2, 0) is 0 Å². The van der Waals surface area contributed by atoms with Crippen LogP contribution in [-0.4, -0.2) is 11.7 Å². The van der Waals surface area contributed by atoms with Gasteiger partial charge in [-0.15, -0.1) is 0 Å². The molecule has 12 heavy (non-hydrogen) atoms. The molecule has 64 valence electrons. The number of rotatable bonds is 2. The van der Waals surface area contributed by atoms with Crippen LogP contribution in [0.5, 0.6) is 0 Å². The number of aliphatic hydroxyl groups excluding tert-OH is 1. The molecule has 0 atom stereocenters. The van der Waals surface area contributed by atoms with Crippen LogP contribution >= 0.6 is 0 Å². The molecule has 0 saturated carbocycles. The van der Waals surface area contributed by atoms with Crippen molar-refractivity contribution >= 4 is 17.5 Å². The summed E-state index contributed by atoms with van der Waals surface area (Å²) in [6, 6.07) is 5.25. The lowest BCUT2D eigenvalue weighted by atomic mass is 10.1. The second-order valence-corrected chi connectivity index (χ2v) is 2.47. The maximum atomic E-state index is 8.53. The first kappa shape index (κ1) is 8.62. The van der Waals surface area contributed by atoms with Crippen LogP contribution in [0.1, 0.15) is 5.56 Å². The summed E-state index contributed by atoms with van der Waals surface area (Å²) in [4.78, 5) is 0. The molecule has 5 N–H and O–H groups in total. The minimum Gasteiger partial charge on any atom is -0.399 e. The topological polar surface area (TPSA) is 72.3 Å². The normalized spacial score (nSPS) is 10.8. The molecular weight excluding hydrogens is 152 g/mol. The number of hydrogen-bond donors (Lipinski definition) is 3. The summed E-state index contributed by atoms with van der Waals surface area (Å²) >= 11 is 0. The van der Waals surface area contributed by atoms with Crippen LogP contribution in [0.4, 0.5) is 11.4 Å². The van der Waals surface area contributed by atoms with Crippen LogP contribution in [0.2, 0.25) is 0 Å². The van der Waals surface area contributed by atoms with Gasteiger partial charge in [0.15, 0.2) is 0 Å². The highest BCUT2D eigenvalue weighted by Crippen LogP contribution is 2.16. The summed E-state index contributed by atoms with van der Waals surface area (Å²) in [6.45, 7) is 0.00817. The van der Waals surface area contributed by atoms with Gasteiger partial charge < -0.3 is 16.6 Å². The summed E-state index contributed by atoms with van der Waals surface area (Å²) in [5.74, 6) is 0. The third-order valence-electron chi connectivity index (χ3n) is 1.51. The molecule has 0 aromatic heterocycles. The first-order chi connectivity index (χ1) is 5.74. The molecule has 0 aliphatic rings. The molecule has 3 nitrogen and oxygen atoms in total. The Hall–Kier alpha value is -1.48. The van der Waals surface area contributed by atoms with E-state index >= 15 is 0 Å². The highest BCUT2D eigenvalue weighted by Gasteiger charge is 1.93. The molecule has 1 aromatic carbocycles. The third-order valence-corrected chi connectivity index (χ3v) is 1.51. The second kappa shape index (κ2) is 3.78. The number of anilines is 2. The van der Waals surface area contributed by atoms with Gasteiger partial charge in [-0.05, 0) is 23.8 Å². The van der Waals surface area contributed by atoms with Crippen molar-refractivity contribution in [2.24, 2.45) is 0 Å². The van der Waals surface area contributed by atoms with Gasteiger partial charge in [-0.2, -0.15) is 0 Å². The Morgan fingerprint density at radius 2 is 2.08 bits per heavy atom. The van der Waals surface area contributed by atoms with E-state index < -0.39 is 0 Å². The maximum Gasteiger partial charge on any atom is 0.0615 e. The quantitative estimate of drug-likeness (QED) is 0.567. The lowest BCUT2D eigenvalue weighted by Crippen LogP contribution is -1.92. The number of nitrogen functional groups attached to an aromatic ring is 2. The zero-order chi connectivity index (χ0) is 8.97. The van der Waals surface area contributed by atoms with E-state index in [-0.39, 0.29) is 6.61 Å². The maximum absolute atomic E-state index is 8.53. The molecule has 1 rings (SSSR count). The molecule has 1 aromatic rings. The molecule has 0 amide bonds. The summed E-state index contributed by atoms with van der Waals surface area (Å²) in [7, 11) is 0. The highest BCUT2D eigenvalue weighted by molar-refractivity contribution is 5.68. The van der Waals surface area contributed by atoms with Crippen LogP contribution in [0.15, 0.2) is 24.3 Å². The number of nitrogens with two attached hydrogens (primary N) is 2. The molecule has 0 bridgehead atoms. The van der Waals surface area contributed by atoms with Gasteiger partial charge in [-0.3, -0.25) is 0 Å². The van der Waals surface area contributed by atoms with Crippen molar-refractivity contribution in [1.29, 1.82) is 0 Å². The predicted molar refractivity (Wildman–Crippen MR) is 51.4 cm³/mol. The first-order valence-electron chi connectivity index (χ1n) is 3.66. The Morgan fingerprint density at radius 1 is 1.33 bits per heavy atom. The van der Waals surface area contributed by atoms with E-state index in [0.29, 0.717) is 11.4 Å². The smallest absolute Gasteiger partial charge is 0.0615 e. The molecule has 0 saturated heterocycles. The summed E-state index contributed by atoms with van der Waals surface area (Å²) in [5, 5.41) is 8.53. The molecule has 0 aliphatic carbocycles. The van der Waals surface area contributed by atoms with Crippen molar-refractivity contribution in [3.8, 4) is 0 Å².